The highest BCUT2D eigenvalue weighted by Crippen LogP contribution is 2.28. The molecular weight excluding hydrogens is 428 g/mol. The summed E-state index contributed by atoms with van der Waals surface area (Å²) in [6.45, 7) is 2.12. The van der Waals surface area contributed by atoms with Gasteiger partial charge in [0, 0.05) is 29.4 Å². The van der Waals surface area contributed by atoms with Gasteiger partial charge < -0.3 is 4.90 Å². The lowest BCUT2D eigenvalue weighted by molar-refractivity contribution is 0.0968. The molecule has 0 aliphatic rings. The van der Waals surface area contributed by atoms with Crippen LogP contribution in [0.2, 0.25) is 0 Å². The Balaban J connectivity index is 1.72. The molecule has 3 rings (SSSR count). The number of rotatable bonds is 10. The van der Waals surface area contributed by atoms with E-state index in [9.17, 15) is 13.2 Å². The fourth-order valence-electron chi connectivity index (χ4n) is 3.57. The molecule has 1 atom stereocenters. The first-order valence-electron chi connectivity index (χ1n) is 10.3. The van der Waals surface area contributed by atoms with Gasteiger partial charge in [-0.1, -0.05) is 36.4 Å². The van der Waals surface area contributed by atoms with Gasteiger partial charge in [0.2, 0.25) is 0 Å². The maximum atomic E-state index is 13.1. The number of hydrogen-bond donors (Lipinski definition) is 0. The molecule has 164 valence electrons. The zero-order chi connectivity index (χ0) is 22.4. The number of thiophene rings is 1. The van der Waals surface area contributed by atoms with Crippen molar-refractivity contribution < 1.29 is 13.2 Å². The van der Waals surface area contributed by atoms with Crippen LogP contribution in [0.25, 0.3) is 0 Å². The normalized spacial score (nSPS) is 12.6. The number of para-hydroxylation sites is 1. The van der Waals surface area contributed by atoms with Crippen molar-refractivity contribution in [3.05, 3.63) is 82.6 Å². The minimum absolute atomic E-state index is 0.0164. The third-order valence-electron chi connectivity index (χ3n) is 5.24. The molecule has 1 heterocycles. The van der Waals surface area contributed by atoms with E-state index >= 15 is 0 Å². The molecule has 3 aromatic rings. The summed E-state index contributed by atoms with van der Waals surface area (Å²) in [6.07, 6.45) is 1.11. The Bertz CT molecular complexity index is 1080. The van der Waals surface area contributed by atoms with Crippen LogP contribution in [0.3, 0.4) is 0 Å². The number of nitrogens with zero attached hydrogens (tertiary/aromatic N) is 2. The summed E-state index contributed by atoms with van der Waals surface area (Å²) in [5.74, 6) is 0.0164. The lowest BCUT2D eigenvalue weighted by atomic mass is 10.0. The highest BCUT2D eigenvalue weighted by Gasteiger charge is 2.24. The van der Waals surface area contributed by atoms with E-state index in [1.165, 1.54) is 21.3 Å². The van der Waals surface area contributed by atoms with Crippen molar-refractivity contribution in [2.24, 2.45) is 0 Å². The van der Waals surface area contributed by atoms with E-state index < -0.39 is 10.0 Å². The quantitative estimate of drug-likeness (QED) is 0.392. The van der Waals surface area contributed by atoms with Crippen molar-refractivity contribution in [3.63, 3.8) is 0 Å². The molecule has 0 fully saturated rings. The van der Waals surface area contributed by atoms with Crippen molar-refractivity contribution in [2.45, 2.75) is 30.7 Å². The molecular formula is C24H28N2O3S2. The number of anilines is 1. The first-order valence-corrected chi connectivity index (χ1v) is 12.6. The molecule has 0 radical (unpaired) electrons. The molecule has 0 spiro atoms. The molecule has 0 aliphatic heterocycles. The summed E-state index contributed by atoms with van der Waals surface area (Å²) >= 11 is 1.69. The van der Waals surface area contributed by atoms with Gasteiger partial charge in [0.05, 0.1) is 10.6 Å². The molecule has 5 nitrogen and oxygen atoms in total. The van der Waals surface area contributed by atoms with Crippen molar-refractivity contribution in [3.8, 4) is 0 Å². The number of benzene rings is 2. The Morgan fingerprint density at radius 3 is 2.19 bits per heavy atom. The number of Topliss-reactive ketones (excluding diaryl/α,β-unsaturated/α-hetero) is 1. The highest BCUT2D eigenvalue weighted by molar-refractivity contribution is 7.92. The molecule has 0 aliphatic carbocycles. The van der Waals surface area contributed by atoms with Gasteiger partial charge in [-0.05, 0) is 63.2 Å². The predicted molar refractivity (Wildman–Crippen MR) is 127 cm³/mol. The molecule has 2 aromatic carbocycles. The van der Waals surface area contributed by atoms with Gasteiger partial charge >= 0.3 is 0 Å². The zero-order valence-electron chi connectivity index (χ0n) is 18.1. The zero-order valence-corrected chi connectivity index (χ0v) is 19.7. The average Bonchev–Trinajstić information content (AvgIpc) is 3.29. The van der Waals surface area contributed by atoms with Crippen molar-refractivity contribution in [1.82, 2.24) is 4.90 Å². The Morgan fingerprint density at radius 1 is 0.968 bits per heavy atom. The van der Waals surface area contributed by atoms with Crippen LogP contribution in [0.5, 0.6) is 0 Å². The Kier molecular flexibility index (Phi) is 7.64. The van der Waals surface area contributed by atoms with Crippen molar-refractivity contribution in [1.29, 1.82) is 0 Å². The minimum Gasteiger partial charge on any atom is -0.302 e. The predicted octanol–water partition coefficient (Wildman–Crippen LogP) is 5.23. The van der Waals surface area contributed by atoms with Crippen molar-refractivity contribution in [2.75, 3.05) is 24.9 Å². The number of hydrogen-bond acceptors (Lipinski definition) is 5. The molecule has 0 amide bonds. The van der Waals surface area contributed by atoms with Crippen LogP contribution in [0, 0.1) is 0 Å². The fourth-order valence-corrected chi connectivity index (χ4v) is 6.00. The van der Waals surface area contributed by atoms with Gasteiger partial charge in [-0.25, -0.2) is 8.42 Å². The number of ketones is 1. The molecule has 0 saturated carbocycles. The maximum Gasteiger partial charge on any atom is 0.264 e. The Hall–Kier alpha value is -2.48. The third kappa shape index (κ3) is 5.42. The van der Waals surface area contributed by atoms with Crippen LogP contribution < -0.4 is 4.31 Å². The first-order chi connectivity index (χ1) is 14.8. The first kappa shape index (κ1) is 23.2. The largest absolute Gasteiger partial charge is 0.302 e. The van der Waals surface area contributed by atoms with Gasteiger partial charge in [-0.3, -0.25) is 9.10 Å². The monoisotopic (exact) mass is 456 g/mol. The highest BCUT2D eigenvalue weighted by atomic mass is 32.2. The number of carbonyl (C=O) groups excluding carboxylic acids is 1. The summed E-state index contributed by atoms with van der Waals surface area (Å²) in [7, 11) is 0.333. The lowest BCUT2D eigenvalue weighted by Gasteiger charge is -2.23. The second kappa shape index (κ2) is 10.2. The van der Waals surface area contributed by atoms with Gasteiger partial charge in [0.1, 0.15) is 0 Å². The van der Waals surface area contributed by atoms with E-state index in [-0.39, 0.29) is 16.7 Å². The smallest absolute Gasteiger partial charge is 0.264 e. The molecule has 0 N–H and O–H groups in total. The lowest BCUT2D eigenvalue weighted by Crippen LogP contribution is -2.30. The third-order valence-corrected chi connectivity index (χ3v) is 8.13. The van der Waals surface area contributed by atoms with Crippen molar-refractivity contribution >= 4 is 32.8 Å². The van der Waals surface area contributed by atoms with E-state index in [0.29, 0.717) is 30.6 Å². The molecule has 1 unspecified atom stereocenters. The van der Waals surface area contributed by atoms with E-state index in [4.69, 9.17) is 0 Å². The summed E-state index contributed by atoms with van der Waals surface area (Å²) in [5, 5.41) is 2.04. The summed E-state index contributed by atoms with van der Waals surface area (Å²) < 4.78 is 27.6. The van der Waals surface area contributed by atoms with Crippen LogP contribution in [-0.2, 0) is 10.0 Å². The van der Waals surface area contributed by atoms with Crippen LogP contribution in [0.15, 0.2) is 77.0 Å². The summed E-state index contributed by atoms with van der Waals surface area (Å²) in [5.41, 5.74) is 1.15. The Morgan fingerprint density at radius 2 is 1.65 bits per heavy atom. The van der Waals surface area contributed by atoms with Gasteiger partial charge in [-0.15, -0.1) is 11.3 Å². The standard InChI is InChI=1S/C24H28N2O3S2/c1-4-26(20-9-6-5-7-10-20)31(28,29)21-14-12-19(13-15-21)23(27)17-16-22(25(2)3)24-11-8-18-30-24/h5-15,18,22H,4,16-17H2,1-3H3. The maximum absolute atomic E-state index is 13.1. The van der Waals surface area contributed by atoms with Gasteiger partial charge in [0.25, 0.3) is 10.0 Å². The minimum atomic E-state index is -3.70. The topological polar surface area (TPSA) is 57.7 Å². The van der Waals surface area contributed by atoms with Gasteiger partial charge in [-0.2, -0.15) is 0 Å². The number of sulfonamides is 1. The molecule has 7 heteroatoms. The van der Waals surface area contributed by atoms with Crippen LogP contribution in [0.1, 0.15) is 41.0 Å². The average molecular weight is 457 g/mol. The van der Waals surface area contributed by atoms with E-state index in [2.05, 4.69) is 11.0 Å². The summed E-state index contributed by atoms with van der Waals surface area (Å²) in [6, 6.07) is 19.6. The van der Waals surface area contributed by atoms with E-state index in [1.807, 2.05) is 43.7 Å². The molecule has 0 bridgehead atoms. The molecule has 0 saturated heterocycles. The molecule has 31 heavy (non-hydrogen) atoms. The fraction of sp³-hybridized carbons (Fsp3) is 0.292. The second-order valence-electron chi connectivity index (χ2n) is 7.49. The van der Waals surface area contributed by atoms with Crippen LogP contribution >= 0.6 is 11.3 Å². The second-order valence-corrected chi connectivity index (χ2v) is 10.3. The summed E-state index contributed by atoms with van der Waals surface area (Å²) in [4.78, 5) is 16.3. The number of carbonyl (C=O) groups is 1. The van der Waals surface area contributed by atoms with Crippen LogP contribution in [-0.4, -0.2) is 39.7 Å². The van der Waals surface area contributed by atoms with Crippen LogP contribution in [0.4, 0.5) is 5.69 Å². The SMILES string of the molecule is CCN(c1ccccc1)S(=O)(=O)c1ccc(C(=O)CCC(c2cccs2)N(C)C)cc1. The molecule has 1 aromatic heterocycles. The van der Waals surface area contributed by atoms with E-state index in [1.54, 1.807) is 42.5 Å². The van der Waals surface area contributed by atoms with E-state index in [0.717, 1.165) is 0 Å². The Labute approximate surface area is 189 Å². The van der Waals surface area contributed by atoms with Gasteiger partial charge in [0.15, 0.2) is 5.78 Å².